The van der Waals surface area contributed by atoms with E-state index in [4.69, 9.17) is 9.47 Å². The van der Waals surface area contributed by atoms with Crippen LogP contribution in [-0.2, 0) is 22.4 Å². The normalized spacial score (nSPS) is 10.2. The maximum atomic E-state index is 11.9. The van der Waals surface area contributed by atoms with Crippen molar-refractivity contribution in [2.24, 2.45) is 0 Å². The van der Waals surface area contributed by atoms with E-state index in [9.17, 15) is 9.59 Å². The van der Waals surface area contributed by atoms with Gasteiger partial charge in [-0.1, -0.05) is 12.1 Å². The van der Waals surface area contributed by atoms with Gasteiger partial charge in [0.2, 0.25) is 0 Å². The summed E-state index contributed by atoms with van der Waals surface area (Å²) in [5.74, 6) is 0.123. The number of hydrogen-bond acceptors (Lipinski definition) is 5. The van der Waals surface area contributed by atoms with Crippen LogP contribution in [0.3, 0.4) is 0 Å². The molecule has 0 saturated carbocycles. The molecule has 1 aromatic carbocycles. The summed E-state index contributed by atoms with van der Waals surface area (Å²) in [5.41, 5.74) is 2.88. The van der Waals surface area contributed by atoms with Gasteiger partial charge in [-0.15, -0.1) is 0 Å². The number of aromatic nitrogens is 1. The third-order valence-corrected chi connectivity index (χ3v) is 4.09. The molecule has 2 aromatic rings. The average molecular weight is 385 g/mol. The number of amides is 2. The first-order chi connectivity index (χ1) is 13.5. The molecule has 1 heterocycles. The Morgan fingerprint density at radius 3 is 2.36 bits per heavy atom. The molecule has 7 heteroatoms. The fraction of sp³-hybridized carbons (Fsp3) is 0.381. The molecule has 0 fully saturated rings. The monoisotopic (exact) mass is 385 g/mol. The topological polar surface area (TPSA) is 89.5 Å². The number of hydrogen-bond donors (Lipinski definition) is 2. The Hall–Kier alpha value is -3.09. The number of ether oxygens (including phenoxy) is 2. The fourth-order valence-electron chi connectivity index (χ4n) is 2.61. The zero-order chi connectivity index (χ0) is 20.4. The number of methoxy groups -OCH3 is 1. The van der Waals surface area contributed by atoms with Gasteiger partial charge in [0.15, 0.2) is 0 Å². The highest BCUT2D eigenvalue weighted by molar-refractivity contribution is 6.35. The van der Waals surface area contributed by atoms with E-state index < -0.39 is 11.8 Å². The number of pyridine rings is 1. The van der Waals surface area contributed by atoms with E-state index >= 15 is 0 Å². The Kier molecular flexibility index (Phi) is 8.27. The molecule has 0 saturated heterocycles. The third-order valence-electron chi connectivity index (χ3n) is 4.09. The SMILES string of the molecule is CCOc1ccc(CCNC(=O)C(=O)NCCc2ccc(C)cn2)c(OC)c1. The number of rotatable bonds is 9. The molecule has 0 bridgehead atoms. The molecule has 0 aliphatic carbocycles. The lowest BCUT2D eigenvalue weighted by Gasteiger charge is -2.11. The van der Waals surface area contributed by atoms with Gasteiger partial charge >= 0.3 is 11.8 Å². The van der Waals surface area contributed by atoms with Crippen LogP contribution in [-0.4, -0.2) is 43.6 Å². The van der Waals surface area contributed by atoms with Crippen LogP contribution < -0.4 is 20.1 Å². The second kappa shape index (κ2) is 10.9. The van der Waals surface area contributed by atoms with Crippen molar-refractivity contribution < 1.29 is 19.1 Å². The van der Waals surface area contributed by atoms with E-state index in [1.807, 2.05) is 44.2 Å². The van der Waals surface area contributed by atoms with Gasteiger partial charge in [-0.25, -0.2) is 0 Å². The zero-order valence-electron chi connectivity index (χ0n) is 16.6. The molecule has 0 radical (unpaired) electrons. The summed E-state index contributed by atoms with van der Waals surface area (Å²) in [5, 5.41) is 5.23. The standard InChI is InChI=1S/C21H27N3O4/c1-4-28-18-8-6-16(19(13-18)27-3)9-11-22-20(25)21(26)23-12-10-17-7-5-15(2)14-24-17/h5-8,13-14H,4,9-12H2,1-3H3,(H,22,25)(H,23,26). The average Bonchev–Trinajstić information content (AvgIpc) is 2.70. The van der Waals surface area contributed by atoms with Crippen LogP contribution in [0.1, 0.15) is 23.7 Å². The van der Waals surface area contributed by atoms with Gasteiger partial charge in [0, 0.05) is 37.5 Å². The van der Waals surface area contributed by atoms with Crippen LogP contribution in [0.4, 0.5) is 0 Å². The summed E-state index contributed by atoms with van der Waals surface area (Å²) in [6.45, 7) is 5.14. The molecule has 0 unspecified atom stereocenters. The van der Waals surface area contributed by atoms with Crippen LogP contribution >= 0.6 is 0 Å². The van der Waals surface area contributed by atoms with Gasteiger partial charge in [-0.2, -0.15) is 0 Å². The fourth-order valence-corrected chi connectivity index (χ4v) is 2.61. The highest BCUT2D eigenvalue weighted by Crippen LogP contribution is 2.24. The van der Waals surface area contributed by atoms with E-state index in [2.05, 4.69) is 15.6 Å². The van der Waals surface area contributed by atoms with Crippen molar-refractivity contribution in [3.8, 4) is 11.5 Å². The minimum atomic E-state index is -0.651. The molecule has 0 atom stereocenters. The number of nitrogens with zero attached hydrogens (tertiary/aromatic N) is 1. The first kappa shape index (κ1) is 21.2. The Labute approximate surface area is 165 Å². The molecular formula is C21H27N3O4. The maximum Gasteiger partial charge on any atom is 0.309 e. The quantitative estimate of drug-likeness (QED) is 0.643. The van der Waals surface area contributed by atoms with Crippen molar-refractivity contribution in [3.05, 3.63) is 53.3 Å². The molecule has 0 aliphatic rings. The van der Waals surface area contributed by atoms with Gasteiger partial charge < -0.3 is 20.1 Å². The van der Waals surface area contributed by atoms with Gasteiger partial charge in [-0.05, 0) is 43.5 Å². The Morgan fingerprint density at radius 2 is 1.75 bits per heavy atom. The van der Waals surface area contributed by atoms with Gasteiger partial charge in [0.05, 0.1) is 13.7 Å². The highest BCUT2D eigenvalue weighted by atomic mass is 16.5. The van der Waals surface area contributed by atoms with Crippen molar-refractivity contribution >= 4 is 11.8 Å². The van der Waals surface area contributed by atoms with E-state index in [-0.39, 0.29) is 0 Å². The van der Waals surface area contributed by atoms with Crippen molar-refractivity contribution in [1.82, 2.24) is 15.6 Å². The summed E-state index contributed by atoms with van der Waals surface area (Å²) < 4.78 is 10.8. The molecule has 0 spiro atoms. The van der Waals surface area contributed by atoms with Crippen LogP contribution in [0.25, 0.3) is 0 Å². The smallest absolute Gasteiger partial charge is 0.309 e. The van der Waals surface area contributed by atoms with Crippen molar-refractivity contribution in [2.75, 3.05) is 26.8 Å². The lowest BCUT2D eigenvalue weighted by molar-refractivity contribution is -0.139. The summed E-state index contributed by atoms with van der Waals surface area (Å²) >= 11 is 0. The van der Waals surface area contributed by atoms with E-state index in [0.29, 0.717) is 38.3 Å². The van der Waals surface area contributed by atoms with Crippen LogP contribution in [0.15, 0.2) is 36.5 Å². The summed E-state index contributed by atoms with van der Waals surface area (Å²) in [7, 11) is 1.59. The van der Waals surface area contributed by atoms with Crippen LogP contribution in [0.5, 0.6) is 11.5 Å². The second-order valence-corrected chi connectivity index (χ2v) is 6.25. The molecule has 28 heavy (non-hydrogen) atoms. The predicted octanol–water partition coefficient (Wildman–Crippen LogP) is 1.81. The number of carbonyl (C=O) groups is 2. The van der Waals surface area contributed by atoms with Gasteiger partial charge in [0.1, 0.15) is 11.5 Å². The molecule has 1 aromatic heterocycles. The lowest BCUT2D eigenvalue weighted by atomic mass is 10.1. The first-order valence-corrected chi connectivity index (χ1v) is 9.30. The zero-order valence-corrected chi connectivity index (χ0v) is 16.6. The Bertz CT molecular complexity index is 791. The summed E-state index contributed by atoms with van der Waals surface area (Å²) in [6.07, 6.45) is 2.89. The number of benzene rings is 1. The summed E-state index contributed by atoms with van der Waals surface area (Å²) in [6, 6.07) is 9.43. The molecule has 0 aliphatic heterocycles. The number of carbonyl (C=O) groups excluding carboxylic acids is 2. The second-order valence-electron chi connectivity index (χ2n) is 6.25. The van der Waals surface area contributed by atoms with Crippen molar-refractivity contribution in [1.29, 1.82) is 0 Å². The lowest BCUT2D eigenvalue weighted by Crippen LogP contribution is -2.41. The van der Waals surface area contributed by atoms with E-state index in [1.54, 1.807) is 13.3 Å². The van der Waals surface area contributed by atoms with Crippen LogP contribution in [0.2, 0.25) is 0 Å². The third kappa shape index (κ3) is 6.57. The van der Waals surface area contributed by atoms with E-state index in [1.165, 1.54) is 0 Å². The number of nitrogens with one attached hydrogen (secondary N) is 2. The number of aryl methyl sites for hydroxylation is 1. The van der Waals surface area contributed by atoms with Crippen molar-refractivity contribution in [2.45, 2.75) is 26.7 Å². The molecule has 7 nitrogen and oxygen atoms in total. The molecular weight excluding hydrogens is 358 g/mol. The Morgan fingerprint density at radius 1 is 1.04 bits per heavy atom. The highest BCUT2D eigenvalue weighted by Gasteiger charge is 2.13. The molecule has 2 N–H and O–H groups in total. The minimum Gasteiger partial charge on any atom is -0.496 e. The predicted molar refractivity (Wildman–Crippen MR) is 107 cm³/mol. The van der Waals surface area contributed by atoms with Crippen LogP contribution in [0, 0.1) is 6.92 Å². The minimum absolute atomic E-state index is 0.329. The Balaban J connectivity index is 1.74. The molecule has 150 valence electrons. The van der Waals surface area contributed by atoms with Gasteiger partial charge in [-0.3, -0.25) is 14.6 Å². The van der Waals surface area contributed by atoms with Crippen molar-refractivity contribution in [3.63, 3.8) is 0 Å². The van der Waals surface area contributed by atoms with E-state index in [0.717, 1.165) is 22.6 Å². The summed E-state index contributed by atoms with van der Waals surface area (Å²) in [4.78, 5) is 28.1. The molecule has 2 amide bonds. The maximum absolute atomic E-state index is 11.9. The molecule has 2 rings (SSSR count). The largest absolute Gasteiger partial charge is 0.496 e. The van der Waals surface area contributed by atoms with Gasteiger partial charge in [0.25, 0.3) is 0 Å². The first-order valence-electron chi connectivity index (χ1n) is 9.30.